The summed E-state index contributed by atoms with van der Waals surface area (Å²) in [6.45, 7) is 8.21. The van der Waals surface area contributed by atoms with Crippen LogP contribution in [0.25, 0.3) is 0 Å². The number of likely N-dealkylation sites (tertiary alicyclic amines) is 1. The van der Waals surface area contributed by atoms with Crippen LogP contribution >= 0.6 is 0 Å². The van der Waals surface area contributed by atoms with Gasteiger partial charge in [-0.1, -0.05) is 31.5 Å². The zero-order valence-corrected chi connectivity index (χ0v) is 16.1. The van der Waals surface area contributed by atoms with E-state index in [0.29, 0.717) is 12.0 Å². The second-order valence-corrected chi connectivity index (χ2v) is 6.63. The van der Waals surface area contributed by atoms with Gasteiger partial charge in [0.1, 0.15) is 6.54 Å². The van der Waals surface area contributed by atoms with E-state index in [1.807, 2.05) is 37.3 Å². The second-order valence-electron chi connectivity index (χ2n) is 6.63. The molecule has 2 rings (SSSR count). The summed E-state index contributed by atoms with van der Waals surface area (Å²) in [6, 6.07) is 10.2. The van der Waals surface area contributed by atoms with E-state index in [0.717, 1.165) is 25.3 Å². The lowest BCUT2D eigenvalue weighted by Crippen LogP contribution is -2.46. The molecule has 0 aromatic heterocycles. The van der Waals surface area contributed by atoms with Crippen LogP contribution in [0.1, 0.15) is 39.5 Å². The number of hydrogen-bond donors (Lipinski definition) is 3. The molecule has 1 fully saturated rings. The maximum atomic E-state index is 12.0. The van der Waals surface area contributed by atoms with Crippen molar-refractivity contribution in [1.82, 2.24) is 15.5 Å². The Bertz CT molecular complexity index is 561. The van der Waals surface area contributed by atoms with Gasteiger partial charge in [-0.2, -0.15) is 0 Å². The van der Waals surface area contributed by atoms with Crippen LogP contribution in [0.5, 0.6) is 0 Å². The lowest BCUT2D eigenvalue weighted by atomic mass is 10.0. The minimum Gasteiger partial charge on any atom is -0.357 e. The third kappa shape index (κ3) is 7.04. The molecule has 0 aliphatic carbocycles. The smallest absolute Gasteiger partial charge is 0.246 e. The number of benzene rings is 1. The molecular formula is C20H33N5O. The van der Waals surface area contributed by atoms with Crippen molar-refractivity contribution in [2.24, 2.45) is 4.99 Å². The van der Waals surface area contributed by atoms with E-state index in [-0.39, 0.29) is 12.5 Å². The number of carbonyl (C=O) groups excluding carboxylic acids is 1. The molecule has 1 amide bonds. The van der Waals surface area contributed by atoms with Gasteiger partial charge in [-0.15, -0.1) is 0 Å². The first kappa shape index (κ1) is 20.2. The van der Waals surface area contributed by atoms with Gasteiger partial charge >= 0.3 is 0 Å². The van der Waals surface area contributed by atoms with Crippen LogP contribution in [0.3, 0.4) is 0 Å². The number of anilines is 1. The van der Waals surface area contributed by atoms with Gasteiger partial charge < -0.3 is 16.0 Å². The predicted molar refractivity (Wildman–Crippen MR) is 109 cm³/mol. The zero-order valence-electron chi connectivity index (χ0n) is 16.1. The van der Waals surface area contributed by atoms with Gasteiger partial charge in [-0.3, -0.25) is 9.69 Å². The SMILES string of the molecule is CCNC(=NCC(=O)Nc1ccccc1)NCCN1CCCCC1CC. The number of para-hydroxylation sites is 1. The standard InChI is InChI=1S/C20H33N5O/c1-3-18-12-8-9-14-25(18)15-13-22-20(21-4-2)23-16-19(26)24-17-10-6-5-7-11-17/h5-7,10-11,18H,3-4,8-9,12-16H2,1-2H3,(H,24,26)(H2,21,22,23). The summed E-state index contributed by atoms with van der Waals surface area (Å²) in [4.78, 5) is 19.0. The molecule has 1 aliphatic heterocycles. The molecule has 26 heavy (non-hydrogen) atoms. The number of rotatable bonds is 8. The van der Waals surface area contributed by atoms with Crippen molar-refractivity contribution in [2.75, 3.05) is 38.0 Å². The maximum absolute atomic E-state index is 12.0. The van der Waals surface area contributed by atoms with Gasteiger partial charge in [-0.05, 0) is 44.9 Å². The number of hydrogen-bond acceptors (Lipinski definition) is 3. The minimum absolute atomic E-state index is 0.103. The fourth-order valence-electron chi connectivity index (χ4n) is 3.35. The summed E-state index contributed by atoms with van der Waals surface area (Å²) in [5, 5.41) is 9.40. The average Bonchev–Trinajstić information content (AvgIpc) is 2.67. The first-order valence-electron chi connectivity index (χ1n) is 9.84. The third-order valence-electron chi connectivity index (χ3n) is 4.69. The molecule has 0 radical (unpaired) electrons. The summed E-state index contributed by atoms with van der Waals surface area (Å²) >= 11 is 0. The molecule has 6 nitrogen and oxygen atoms in total. The first-order chi connectivity index (χ1) is 12.7. The monoisotopic (exact) mass is 359 g/mol. The Morgan fingerprint density at radius 3 is 2.73 bits per heavy atom. The number of aliphatic imine (C=N–C) groups is 1. The number of carbonyl (C=O) groups is 1. The molecule has 1 saturated heterocycles. The topological polar surface area (TPSA) is 68.8 Å². The molecule has 1 aliphatic rings. The summed E-state index contributed by atoms with van der Waals surface area (Å²) in [5.41, 5.74) is 0.793. The van der Waals surface area contributed by atoms with Crippen LogP contribution < -0.4 is 16.0 Å². The second kappa shape index (κ2) is 11.5. The first-order valence-corrected chi connectivity index (χ1v) is 9.84. The van der Waals surface area contributed by atoms with E-state index >= 15 is 0 Å². The number of nitrogens with zero attached hydrogens (tertiary/aromatic N) is 2. The van der Waals surface area contributed by atoms with E-state index in [9.17, 15) is 4.79 Å². The van der Waals surface area contributed by atoms with E-state index in [1.54, 1.807) is 0 Å². The Balaban J connectivity index is 1.77. The molecule has 3 N–H and O–H groups in total. The summed E-state index contributed by atoms with van der Waals surface area (Å²) < 4.78 is 0. The molecule has 1 unspecified atom stereocenters. The normalized spacial score (nSPS) is 18.4. The van der Waals surface area contributed by atoms with E-state index < -0.39 is 0 Å². The summed E-state index contributed by atoms with van der Waals surface area (Å²) in [5.74, 6) is 0.580. The van der Waals surface area contributed by atoms with E-state index in [4.69, 9.17) is 0 Å². The molecule has 0 spiro atoms. The Labute approximate surface area is 157 Å². The molecule has 0 saturated carbocycles. The quantitative estimate of drug-likeness (QED) is 0.493. The van der Waals surface area contributed by atoms with Crippen molar-refractivity contribution in [3.8, 4) is 0 Å². The zero-order chi connectivity index (χ0) is 18.6. The van der Waals surface area contributed by atoms with Crippen molar-refractivity contribution < 1.29 is 4.79 Å². The lowest BCUT2D eigenvalue weighted by Gasteiger charge is -2.35. The maximum Gasteiger partial charge on any atom is 0.246 e. The van der Waals surface area contributed by atoms with E-state index in [2.05, 4.69) is 32.8 Å². The van der Waals surface area contributed by atoms with Crippen LogP contribution in [0.15, 0.2) is 35.3 Å². The average molecular weight is 360 g/mol. The predicted octanol–water partition coefficient (Wildman–Crippen LogP) is 2.44. The van der Waals surface area contributed by atoms with Crippen molar-refractivity contribution in [2.45, 2.75) is 45.6 Å². The molecule has 1 heterocycles. The Morgan fingerprint density at radius 2 is 2.00 bits per heavy atom. The highest BCUT2D eigenvalue weighted by Crippen LogP contribution is 2.18. The largest absolute Gasteiger partial charge is 0.357 e. The van der Waals surface area contributed by atoms with Crippen LogP contribution in [0, 0.1) is 0 Å². The Morgan fingerprint density at radius 1 is 1.19 bits per heavy atom. The molecule has 144 valence electrons. The van der Waals surface area contributed by atoms with Crippen molar-refractivity contribution in [3.05, 3.63) is 30.3 Å². The molecular weight excluding hydrogens is 326 g/mol. The van der Waals surface area contributed by atoms with Gasteiger partial charge in [0.15, 0.2) is 5.96 Å². The molecule has 1 atom stereocenters. The van der Waals surface area contributed by atoms with Gasteiger partial charge in [0.2, 0.25) is 5.91 Å². The Hall–Kier alpha value is -2.08. The van der Waals surface area contributed by atoms with Crippen LogP contribution in [-0.4, -0.2) is 55.5 Å². The highest BCUT2D eigenvalue weighted by Gasteiger charge is 2.19. The van der Waals surface area contributed by atoms with Crippen molar-refractivity contribution in [3.63, 3.8) is 0 Å². The van der Waals surface area contributed by atoms with E-state index in [1.165, 1.54) is 32.2 Å². The number of amides is 1. The van der Waals surface area contributed by atoms with Gasteiger partial charge in [0.25, 0.3) is 0 Å². The van der Waals surface area contributed by atoms with Crippen LogP contribution in [-0.2, 0) is 4.79 Å². The van der Waals surface area contributed by atoms with Gasteiger partial charge in [-0.25, -0.2) is 4.99 Å². The number of piperidine rings is 1. The highest BCUT2D eigenvalue weighted by molar-refractivity contribution is 5.94. The highest BCUT2D eigenvalue weighted by atomic mass is 16.1. The van der Waals surface area contributed by atoms with Crippen molar-refractivity contribution >= 4 is 17.6 Å². The van der Waals surface area contributed by atoms with Crippen LogP contribution in [0.2, 0.25) is 0 Å². The molecule has 6 heteroatoms. The molecule has 0 bridgehead atoms. The lowest BCUT2D eigenvalue weighted by molar-refractivity contribution is -0.114. The number of guanidine groups is 1. The molecule has 1 aromatic carbocycles. The van der Waals surface area contributed by atoms with Crippen molar-refractivity contribution in [1.29, 1.82) is 0 Å². The summed E-state index contributed by atoms with van der Waals surface area (Å²) in [7, 11) is 0. The van der Waals surface area contributed by atoms with Gasteiger partial charge in [0, 0.05) is 31.4 Å². The fourth-order valence-corrected chi connectivity index (χ4v) is 3.35. The third-order valence-corrected chi connectivity index (χ3v) is 4.69. The summed E-state index contributed by atoms with van der Waals surface area (Å²) in [6.07, 6.45) is 5.17. The Kier molecular flexibility index (Phi) is 8.96. The molecule has 1 aromatic rings. The van der Waals surface area contributed by atoms with Crippen LogP contribution in [0.4, 0.5) is 5.69 Å². The fraction of sp³-hybridized carbons (Fsp3) is 0.600. The van der Waals surface area contributed by atoms with Gasteiger partial charge in [0.05, 0.1) is 0 Å². The number of nitrogens with one attached hydrogen (secondary N) is 3. The minimum atomic E-state index is -0.115.